The molecular formula is C31H40O7. The van der Waals surface area contributed by atoms with Crippen molar-refractivity contribution in [3.63, 3.8) is 0 Å². The highest BCUT2D eigenvalue weighted by Crippen LogP contribution is 2.37. The van der Waals surface area contributed by atoms with Crippen molar-refractivity contribution in [3.05, 3.63) is 72.3 Å². The summed E-state index contributed by atoms with van der Waals surface area (Å²) in [6, 6.07) is 12.8. The summed E-state index contributed by atoms with van der Waals surface area (Å²) in [5, 5.41) is 10.3. The number of unbranched alkanes of at least 4 members (excludes halogenated alkanes) is 3. The second-order valence-electron chi connectivity index (χ2n) is 9.73. The Morgan fingerprint density at radius 1 is 1.05 bits per heavy atom. The fraction of sp³-hybridized carbons (Fsp3) is 0.452. The smallest absolute Gasteiger partial charge is 0.341 e. The van der Waals surface area contributed by atoms with Gasteiger partial charge in [-0.2, -0.15) is 0 Å². The number of aliphatic hydroxyl groups excluding tert-OH is 1. The first-order valence-corrected chi connectivity index (χ1v) is 13.2. The van der Waals surface area contributed by atoms with Gasteiger partial charge in [-0.15, -0.1) is 0 Å². The highest BCUT2D eigenvalue weighted by molar-refractivity contribution is 5.89. The lowest BCUT2D eigenvalue weighted by Crippen LogP contribution is -2.28. The molecule has 1 aliphatic rings. The Kier molecular flexibility index (Phi) is 11.5. The molecule has 7 nitrogen and oxygen atoms in total. The van der Waals surface area contributed by atoms with Crippen LogP contribution in [0.5, 0.6) is 11.5 Å². The van der Waals surface area contributed by atoms with Crippen molar-refractivity contribution < 1.29 is 33.6 Å². The predicted octanol–water partition coefficient (Wildman–Crippen LogP) is 6.37. The molecule has 1 fully saturated rings. The Balaban J connectivity index is 1.75. The zero-order valence-corrected chi connectivity index (χ0v) is 22.7. The van der Waals surface area contributed by atoms with Crippen LogP contribution in [0.25, 0.3) is 11.1 Å². The lowest BCUT2D eigenvalue weighted by Gasteiger charge is -2.31. The van der Waals surface area contributed by atoms with E-state index in [2.05, 4.69) is 20.1 Å². The molecule has 7 heteroatoms. The fourth-order valence-corrected chi connectivity index (χ4v) is 4.12. The summed E-state index contributed by atoms with van der Waals surface area (Å²) in [5.74, 6) is 0.712. The molecule has 206 valence electrons. The lowest BCUT2D eigenvalue weighted by atomic mass is 10.00. The number of carbonyl (C=O) groups excluding carboxylic acids is 1. The quantitative estimate of drug-likeness (QED) is 0.0768. The van der Waals surface area contributed by atoms with Crippen LogP contribution >= 0.6 is 0 Å². The van der Waals surface area contributed by atoms with Gasteiger partial charge in [0, 0.05) is 13.0 Å². The van der Waals surface area contributed by atoms with Crippen LogP contribution in [0.1, 0.15) is 57.8 Å². The van der Waals surface area contributed by atoms with Crippen LogP contribution in [0.4, 0.5) is 0 Å². The average molecular weight is 525 g/mol. The van der Waals surface area contributed by atoms with Crippen LogP contribution in [-0.4, -0.2) is 44.3 Å². The molecule has 0 spiro atoms. The van der Waals surface area contributed by atoms with Gasteiger partial charge in [0.2, 0.25) is 6.29 Å². The number of hydrogen-bond acceptors (Lipinski definition) is 7. The third-order valence-corrected chi connectivity index (χ3v) is 6.36. The largest absolute Gasteiger partial charge is 0.461 e. The van der Waals surface area contributed by atoms with Crippen LogP contribution < -0.4 is 9.47 Å². The SMILES string of the molecule is C=C(COC)C(=O)Oc1ccc(-c2ccc(OC(O)C(=C)C)c(C3OCC(CCCCCC)CO3)c2)cc1. The monoisotopic (exact) mass is 524 g/mol. The van der Waals surface area contributed by atoms with Gasteiger partial charge in [0.15, 0.2) is 6.29 Å². The molecule has 3 rings (SSSR count). The van der Waals surface area contributed by atoms with Crippen molar-refractivity contribution in [3.8, 4) is 22.6 Å². The molecule has 0 radical (unpaired) electrons. The van der Waals surface area contributed by atoms with E-state index in [0.29, 0.717) is 41.8 Å². The third-order valence-electron chi connectivity index (χ3n) is 6.36. The van der Waals surface area contributed by atoms with E-state index in [-0.39, 0.29) is 12.2 Å². The number of ether oxygens (including phenoxy) is 5. The van der Waals surface area contributed by atoms with Gasteiger partial charge in [0.1, 0.15) is 11.5 Å². The van der Waals surface area contributed by atoms with E-state index < -0.39 is 18.5 Å². The Morgan fingerprint density at radius 3 is 2.37 bits per heavy atom. The average Bonchev–Trinajstić information content (AvgIpc) is 2.92. The third kappa shape index (κ3) is 8.53. The van der Waals surface area contributed by atoms with Crippen molar-refractivity contribution >= 4 is 5.97 Å². The molecule has 0 bridgehead atoms. The summed E-state index contributed by atoms with van der Waals surface area (Å²) in [4.78, 5) is 12.1. The molecule has 2 aromatic rings. The highest BCUT2D eigenvalue weighted by Gasteiger charge is 2.27. The number of esters is 1. The minimum atomic E-state index is -1.14. The Morgan fingerprint density at radius 2 is 1.74 bits per heavy atom. The van der Waals surface area contributed by atoms with E-state index in [1.54, 1.807) is 25.1 Å². The van der Waals surface area contributed by atoms with Gasteiger partial charge < -0.3 is 28.8 Å². The summed E-state index contributed by atoms with van der Waals surface area (Å²) < 4.78 is 28.3. The van der Waals surface area contributed by atoms with Crippen molar-refractivity contribution in [1.29, 1.82) is 0 Å². The first kappa shape index (κ1) is 29.6. The molecule has 1 unspecified atom stereocenters. The molecule has 0 aliphatic carbocycles. The molecule has 2 aromatic carbocycles. The maximum atomic E-state index is 12.1. The maximum absolute atomic E-state index is 12.1. The van der Waals surface area contributed by atoms with E-state index in [0.717, 1.165) is 17.5 Å². The van der Waals surface area contributed by atoms with Crippen molar-refractivity contribution in [2.45, 2.75) is 58.5 Å². The summed E-state index contributed by atoms with van der Waals surface area (Å²) in [6.45, 7) is 12.7. The van der Waals surface area contributed by atoms with Gasteiger partial charge >= 0.3 is 5.97 Å². The second-order valence-corrected chi connectivity index (χ2v) is 9.73. The van der Waals surface area contributed by atoms with E-state index in [9.17, 15) is 9.90 Å². The van der Waals surface area contributed by atoms with E-state index >= 15 is 0 Å². The van der Waals surface area contributed by atoms with E-state index in [4.69, 9.17) is 23.7 Å². The predicted molar refractivity (Wildman–Crippen MR) is 147 cm³/mol. The van der Waals surface area contributed by atoms with Gasteiger partial charge in [0.25, 0.3) is 0 Å². The first-order valence-electron chi connectivity index (χ1n) is 13.2. The molecule has 1 aliphatic heterocycles. The summed E-state index contributed by atoms with van der Waals surface area (Å²) in [6.07, 6.45) is 4.21. The van der Waals surface area contributed by atoms with Gasteiger partial charge in [-0.3, -0.25) is 0 Å². The molecule has 0 aromatic heterocycles. The van der Waals surface area contributed by atoms with Gasteiger partial charge in [-0.1, -0.05) is 64.0 Å². The Labute approximate surface area is 226 Å². The second kappa shape index (κ2) is 14.8. The van der Waals surface area contributed by atoms with Crippen LogP contribution in [0.3, 0.4) is 0 Å². The number of aliphatic hydroxyl groups is 1. The van der Waals surface area contributed by atoms with E-state index in [1.165, 1.54) is 32.8 Å². The van der Waals surface area contributed by atoms with Gasteiger partial charge in [-0.05, 0) is 54.3 Å². The first-order chi connectivity index (χ1) is 18.3. The molecule has 0 amide bonds. The van der Waals surface area contributed by atoms with Crippen LogP contribution in [0, 0.1) is 5.92 Å². The van der Waals surface area contributed by atoms with Crippen LogP contribution in [-0.2, 0) is 19.0 Å². The summed E-state index contributed by atoms with van der Waals surface area (Å²) >= 11 is 0. The number of methoxy groups -OCH3 is 1. The maximum Gasteiger partial charge on any atom is 0.341 e. The molecule has 1 heterocycles. The Hall–Kier alpha value is -2.97. The number of benzene rings is 2. The molecule has 1 saturated heterocycles. The number of carbonyl (C=O) groups is 1. The molecule has 38 heavy (non-hydrogen) atoms. The van der Waals surface area contributed by atoms with E-state index in [1.807, 2.05) is 24.3 Å². The zero-order chi connectivity index (χ0) is 27.5. The standard InChI is InChI=1S/C31H40O7/c1-6-7-8-9-10-23-19-35-31(36-20-23)27-17-25(13-16-28(27)38-29(32)21(2)3)24-11-14-26(15-12-24)37-30(33)22(4)18-34-5/h11-17,23,29,31-32H,2,4,6-10,18-20H2,1,3,5H3. The van der Waals surface area contributed by atoms with Gasteiger partial charge in [-0.25, -0.2) is 4.79 Å². The minimum Gasteiger partial charge on any atom is -0.461 e. The van der Waals surface area contributed by atoms with Crippen LogP contribution in [0.15, 0.2) is 66.8 Å². The molecule has 1 atom stereocenters. The van der Waals surface area contributed by atoms with Crippen LogP contribution in [0.2, 0.25) is 0 Å². The van der Waals surface area contributed by atoms with Crippen molar-refractivity contribution in [1.82, 2.24) is 0 Å². The van der Waals surface area contributed by atoms with Gasteiger partial charge in [0.05, 0.1) is 31.0 Å². The minimum absolute atomic E-state index is 0.110. The zero-order valence-electron chi connectivity index (χ0n) is 22.7. The topological polar surface area (TPSA) is 83.5 Å². The Bertz CT molecular complexity index is 1070. The fourth-order valence-electron chi connectivity index (χ4n) is 4.12. The summed E-state index contributed by atoms with van der Waals surface area (Å²) in [7, 11) is 1.49. The highest BCUT2D eigenvalue weighted by atomic mass is 16.7. The molecular weight excluding hydrogens is 484 g/mol. The summed E-state index contributed by atoms with van der Waals surface area (Å²) in [5.41, 5.74) is 3.23. The van der Waals surface area contributed by atoms with Crippen molar-refractivity contribution in [2.24, 2.45) is 5.92 Å². The van der Waals surface area contributed by atoms with Crippen molar-refractivity contribution in [2.75, 3.05) is 26.9 Å². The molecule has 1 N–H and O–H groups in total. The lowest BCUT2D eigenvalue weighted by molar-refractivity contribution is -0.207. The number of hydrogen-bond donors (Lipinski definition) is 1. The number of rotatable bonds is 14. The molecule has 0 saturated carbocycles. The normalized spacial score (nSPS) is 18.0.